The average molecular weight is 1110 g/mol. The molecule has 9 aliphatic rings. The first kappa shape index (κ1) is 59.9. The summed E-state index contributed by atoms with van der Waals surface area (Å²) in [4.78, 5) is 13.1. The van der Waals surface area contributed by atoms with E-state index >= 15 is 0 Å². The van der Waals surface area contributed by atoms with Crippen LogP contribution < -0.4 is 0 Å². The third-order valence-electron chi connectivity index (χ3n) is 21.2. The molecule has 0 amide bonds. The molecule has 4 saturated heterocycles. The zero-order chi connectivity index (χ0) is 56.4. The highest BCUT2D eigenvalue weighted by molar-refractivity contribution is 5.73. The van der Waals surface area contributed by atoms with Crippen LogP contribution in [0.25, 0.3) is 0 Å². The van der Waals surface area contributed by atoms with E-state index in [4.69, 9.17) is 37.9 Å². The lowest BCUT2D eigenvalue weighted by atomic mass is 9.33. The maximum Gasteiger partial charge on any atom is 0.335 e. The Bertz CT molecular complexity index is 2130. The molecular weight excluding hydrogens is 1020 g/mol. The minimum Gasteiger partial charge on any atom is -0.479 e. The highest BCUT2D eigenvalue weighted by Crippen LogP contribution is 2.76. The Hall–Kier alpha value is -1.67. The van der Waals surface area contributed by atoms with Crippen LogP contribution in [0.4, 0.5) is 0 Å². The number of carbonyl (C=O) groups is 1. The van der Waals surface area contributed by atoms with Gasteiger partial charge in [-0.3, -0.25) is 0 Å². The topological polar surface area (TPSA) is 394 Å². The van der Waals surface area contributed by atoms with Gasteiger partial charge >= 0.3 is 5.97 Å². The van der Waals surface area contributed by atoms with Crippen LogP contribution in [0, 0.1) is 50.2 Å². The summed E-state index contributed by atoms with van der Waals surface area (Å²) in [5.74, 6) is -1.87. The summed E-state index contributed by atoms with van der Waals surface area (Å²) in [6.45, 7) is 12.6. The first-order chi connectivity index (χ1) is 36.0. The van der Waals surface area contributed by atoms with E-state index in [2.05, 4.69) is 54.5 Å². The van der Waals surface area contributed by atoms with E-state index in [0.717, 1.165) is 6.42 Å². The molecule has 9 rings (SSSR count). The molecule has 8 fully saturated rings. The van der Waals surface area contributed by atoms with Gasteiger partial charge in [0.25, 0.3) is 0 Å². The van der Waals surface area contributed by atoms with E-state index in [1.54, 1.807) is 0 Å². The third-order valence-corrected chi connectivity index (χ3v) is 21.2. The minimum atomic E-state index is -2.21. The molecule has 5 aliphatic carbocycles. The number of fused-ring (bicyclic) bond motifs is 7. The fourth-order valence-corrected chi connectivity index (χ4v) is 16.6. The number of aliphatic hydroxyl groups excluding tert-OH is 14. The number of carboxylic acid groups (broad SMARTS) is 1. The molecule has 0 aromatic rings. The van der Waals surface area contributed by atoms with Crippen molar-refractivity contribution in [3.63, 3.8) is 0 Å². The van der Waals surface area contributed by atoms with Crippen LogP contribution in [-0.2, 0) is 42.7 Å². The SMILES string of the molecule is CC1(C)C[C@H](O)[C@]2(CO)[C@H](O)C[C@]3(C)C(=CC[C@@H]4[C@@]5(C)CC[C@H](O[C@@H]6O[C@H](C(=O)O)[C@@H](O)[C@H](O[C@@H]7OC[C@H](O)[C@H](O)[C@H]7O[C@@H]7O[C@H](CO)[C@@H](O)[C@H](O)[C@H]7O)[C@H]6O[C@@H]6O[C@H](CO)[C@H](O)[C@H](O)[C@H]6O)C(C)(C)[C@@H]5CC[C@]43C)[C@@H]2C1. The van der Waals surface area contributed by atoms with Crippen LogP contribution >= 0.6 is 0 Å². The van der Waals surface area contributed by atoms with E-state index in [1.165, 1.54) is 5.57 Å². The van der Waals surface area contributed by atoms with Crippen LogP contribution in [-0.4, -0.2) is 244 Å². The maximum atomic E-state index is 13.1. The number of rotatable bonds is 12. The Balaban J connectivity index is 1.03. The zero-order valence-corrected chi connectivity index (χ0v) is 44.9. The standard InChI is InChI=1S/C53H86O24/c1-48(2)14-22-21-8-9-27-50(5)12-11-30(49(3,4)26(50)10-13-51(27,6)52(21,7)16-29(59)53(22,20-56)28(58)15-48)73-47-42(77-45-37(66)35(64)33(62)25(18-55)72-45)39(38(67)40(75-47)43(68)69)74-46-41(31(60)23(57)19-70-46)76-44-36(65)34(63)32(61)24(17-54)71-44/h8,22-42,44-47,54-67H,9-20H2,1-7H3,(H,68,69)/t22-,23-,24+,25+,26-,27+,28-,29+,30-,31-,32+,33-,34-,35-,36+,37+,38-,39-,40-,41+,42+,44-,45-,46-,47+,50-,51+,52+,53+/m0/s1. The van der Waals surface area contributed by atoms with Crippen molar-refractivity contribution in [1.29, 1.82) is 0 Å². The number of hydrogen-bond donors (Lipinski definition) is 15. The summed E-state index contributed by atoms with van der Waals surface area (Å²) in [6, 6.07) is 0. The van der Waals surface area contributed by atoms with Gasteiger partial charge in [0.1, 0.15) is 85.5 Å². The lowest BCUT2D eigenvalue weighted by Crippen LogP contribution is -2.70. The summed E-state index contributed by atoms with van der Waals surface area (Å²) in [7, 11) is 0. The highest BCUT2D eigenvalue weighted by atomic mass is 16.8. The van der Waals surface area contributed by atoms with Gasteiger partial charge in [0.15, 0.2) is 31.3 Å². The van der Waals surface area contributed by atoms with Crippen LogP contribution in [0.2, 0.25) is 0 Å². The monoisotopic (exact) mass is 1110 g/mol. The van der Waals surface area contributed by atoms with Gasteiger partial charge < -0.3 is 114 Å². The molecule has 442 valence electrons. The Kier molecular flexibility index (Phi) is 16.7. The molecule has 24 nitrogen and oxygen atoms in total. The van der Waals surface area contributed by atoms with Crippen molar-refractivity contribution >= 4 is 5.97 Å². The summed E-state index contributed by atoms with van der Waals surface area (Å²) >= 11 is 0. The summed E-state index contributed by atoms with van der Waals surface area (Å²) in [5, 5.41) is 164. The number of carboxylic acids is 1. The maximum absolute atomic E-state index is 13.1. The predicted octanol–water partition coefficient (Wildman–Crippen LogP) is -2.89. The van der Waals surface area contributed by atoms with Gasteiger partial charge in [-0.15, -0.1) is 0 Å². The van der Waals surface area contributed by atoms with E-state index < -0.39 is 177 Å². The first-order valence-corrected chi connectivity index (χ1v) is 27.4. The first-order valence-electron chi connectivity index (χ1n) is 27.4. The van der Waals surface area contributed by atoms with Crippen LogP contribution in [0.5, 0.6) is 0 Å². The van der Waals surface area contributed by atoms with Crippen LogP contribution in [0.1, 0.15) is 99.8 Å². The molecule has 4 aliphatic heterocycles. The molecule has 4 heterocycles. The molecule has 0 spiro atoms. The molecular formula is C53H86O24. The number of aliphatic carboxylic acids is 1. The molecule has 0 radical (unpaired) electrons. The van der Waals surface area contributed by atoms with Gasteiger partial charge in [0.2, 0.25) is 0 Å². The molecule has 4 saturated carbocycles. The summed E-state index contributed by atoms with van der Waals surface area (Å²) in [5.41, 5.74) is -2.00. The van der Waals surface area contributed by atoms with Gasteiger partial charge in [-0.1, -0.05) is 60.1 Å². The van der Waals surface area contributed by atoms with Gasteiger partial charge in [0.05, 0.1) is 50.2 Å². The predicted molar refractivity (Wildman–Crippen MR) is 260 cm³/mol. The Morgan fingerprint density at radius 2 is 1.17 bits per heavy atom. The molecule has 29 atom stereocenters. The Labute approximate surface area is 447 Å². The van der Waals surface area contributed by atoms with E-state index in [-0.39, 0.29) is 40.6 Å². The molecule has 77 heavy (non-hydrogen) atoms. The number of aliphatic hydroxyl groups is 14. The fourth-order valence-electron chi connectivity index (χ4n) is 16.6. The lowest BCUT2D eigenvalue weighted by Gasteiger charge is -2.72. The Morgan fingerprint density at radius 3 is 1.74 bits per heavy atom. The van der Waals surface area contributed by atoms with Crippen molar-refractivity contribution in [2.24, 2.45) is 50.2 Å². The zero-order valence-electron chi connectivity index (χ0n) is 44.9. The smallest absolute Gasteiger partial charge is 0.335 e. The second kappa shape index (κ2) is 21.5. The molecule has 24 heteroatoms. The third kappa shape index (κ3) is 9.59. The average Bonchev–Trinajstić information content (AvgIpc) is 3.52. The molecule has 0 aromatic heterocycles. The van der Waals surface area contributed by atoms with Crippen molar-refractivity contribution in [1.82, 2.24) is 0 Å². The molecule has 15 N–H and O–H groups in total. The normalized spacial score (nSPS) is 54.5. The lowest BCUT2D eigenvalue weighted by molar-refractivity contribution is -0.401. The fraction of sp³-hybridized carbons (Fsp3) is 0.943. The largest absolute Gasteiger partial charge is 0.479 e. The van der Waals surface area contributed by atoms with Gasteiger partial charge in [0, 0.05) is 0 Å². The number of allylic oxidation sites excluding steroid dienone is 2. The molecule has 0 aromatic carbocycles. The quantitative estimate of drug-likeness (QED) is 0.0689. The van der Waals surface area contributed by atoms with Crippen molar-refractivity contribution in [3.05, 3.63) is 11.6 Å². The number of ether oxygens (including phenoxy) is 8. The number of hydrogen-bond acceptors (Lipinski definition) is 23. The molecule has 0 bridgehead atoms. The van der Waals surface area contributed by atoms with Gasteiger partial charge in [-0.05, 0) is 96.2 Å². The second-order valence-corrected chi connectivity index (χ2v) is 26.1. The van der Waals surface area contributed by atoms with Gasteiger partial charge in [-0.25, -0.2) is 4.79 Å². The van der Waals surface area contributed by atoms with Crippen molar-refractivity contribution < 1.29 is 119 Å². The molecule has 0 unspecified atom stereocenters. The highest BCUT2D eigenvalue weighted by Gasteiger charge is 2.72. The summed E-state index contributed by atoms with van der Waals surface area (Å²) in [6.07, 6.45) is -31.4. The van der Waals surface area contributed by atoms with Crippen molar-refractivity contribution in [2.45, 2.75) is 235 Å². The second-order valence-electron chi connectivity index (χ2n) is 26.1. The van der Waals surface area contributed by atoms with Crippen LogP contribution in [0.15, 0.2) is 11.6 Å². The minimum absolute atomic E-state index is 0.0453. The van der Waals surface area contributed by atoms with Gasteiger partial charge in [-0.2, -0.15) is 0 Å². The Morgan fingerprint density at radius 1 is 0.597 bits per heavy atom. The van der Waals surface area contributed by atoms with E-state index in [9.17, 15) is 81.4 Å². The van der Waals surface area contributed by atoms with E-state index in [1.807, 2.05) is 0 Å². The van der Waals surface area contributed by atoms with Crippen LogP contribution in [0.3, 0.4) is 0 Å². The van der Waals surface area contributed by atoms with Crippen molar-refractivity contribution in [3.8, 4) is 0 Å². The summed E-state index contributed by atoms with van der Waals surface area (Å²) < 4.78 is 48.6. The van der Waals surface area contributed by atoms with E-state index in [0.29, 0.717) is 44.9 Å². The van der Waals surface area contributed by atoms with Crippen molar-refractivity contribution in [2.75, 3.05) is 26.4 Å².